The predicted molar refractivity (Wildman–Crippen MR) is 203 cm³/mol. The maximum atomic E-state index is 11.7. The quantitative estimate of drug-likeness (QED) is 0.0958. The number of nitrogens with zero attached hydrogens (tertiary/aromatic N) is 2. The third-order valence-electron chi connectivity index (χ3n) is 7.77. The van der Waals surface area contributed by atoms with E-state index >= 15 is 0 Å². The Kier molecular flexibility index (Phi) is 19.4. The summed E-state index contributed by atoms with van der Waals surface area (Å²) in [6.07, 6.45) is 4.34. The van der Waals surface area contributed by atoms with Crippen LogP contribution >= 0.6 is 15.9 Å². The van der Waals surface area contributed by atoms with Crippen molar-refractivity contribution >= 4 is 40.4 Å². The van der Waals surface area contributed by atoms with E-state index in [2.05, 4.69) is 64.0 Å². The van der Waals surface area contributed by atoms with Crippen LogP contribution < -0.4 is 5.46 Å². The third-order valence-corrected chi connectivity index (χ3v) is 8.20. The number of carbonyl (C=O) groups excluding carboxylic acids is 2. The largest absolute Gasteiger partial charge is 0.488 e. The zero-order chi connectivity index (χ0) is 35.8. The zero-order valence-corrected chi connectivity index (χ0v) is 30.9. The lowest BCUT2D eigenvalue weighted by atomic mass is 9.74. The summed E-state index contributed by atoms with van der Waals surface area (Å²) in [4.78, 5) is 31.5. The summed E-state index contributed by atoms with van der Waals surface area (Å²) >= 11 is 3.30. The highest BCUT2D eigenvalue weighted by Gasteiger charge is 2.16. The van der Waals surface area contributed by atoms with Crippen LogP contribution in [0.5, 0.6) is 0 Å². The number of carbonyl (C=O) groups is 2. The van der Waals surface area contributed by atoms with Gasteiger partial charge in [0, 0.05) is 18.0 Å². The predicted octanol–water partition coefficient (Wildman–Crippen LogP) is 7.94. The summed E-state index contributed by atoms with van der Waals surface area (Å²) in [7, 11) is -1.35. The highest BCUT2D eigenvalue weighted by molar-refractivity contribution is 9.10. The van der Waals surface area contributed by atoms with Crippen molar-refractivity contribution in [3.8, 4) is 11.3 Å². The molecule has 0 bridgehead atoms. The molecular weight excluding hydrogens is 683 g/mol. The van der Waals surface area contributed by atoms with Gasteiger partial charge in [-0.15, -0.1) is 0 Å². The molecule has 2 unspecified atom stereocenters. The maximum Gasteiger partial charge on any atom is 0.488 e. The minimum atomic E-state index is -1.35. The number of halogens is 1. The monoisotopic (exact) mass is 734 g/mol. The standard InChI is InChI=1S/C19H23NO2.C11H14BrNO2.C8H11BO2.CH4/c1-5-22-18(21)11-15(4)16-9-10-20-17(12-16)19-13(2)7-6-8-14(19)3;1-3-15-11(14)6-8(2)9-4-5-13-10(12)7-9;1-6-4-3-5-7(2)8(6)9(10)11;/h6-10,12,15H,5,11H2,1-4H3;4-5,7-8H,3,6H2,1-2H3;3-5,10-11H,1-2H3;1H4. The molecule has 2 N–H and O–H groups in total. The number of hydrogen-bond acceptors (Lipinski definition) is 8. The molecule has 0 fully saturated rings. The molecule has 2 aromatic heterocycles. The Balaban J connectivity index is 0.000000388. The number of rotatable bonds is 10. The first-order valence-corrected chi connectivity index (χ1v) is 17.0. The van der Waals surface area contributed by atoms with Gasteiger partial charge in [0.05, 0.1) is 31.7 Å². The first-order valence-electron chi connectivity index (χ1n) is 16.2. The van der Waals surface area contributed by atoms with Gasteiger partial charge >= 0.3 is 19.1 Å². The molecule has 8 nitrogen and oxygen atoms in total. The number of hydrogen-bond donors (Lipinski definition) is 2. The minimum absolute atomic E-state index is 0. The van der Waals surface area contributed by atoms with E-state index in [1.54, 1.807) is 6.20 Å². The van der Waals surface area contributed by atoms with E-state index in [9.17, 15) is 9.59 Å². The van der Waals surface area contributed by atoms with E-state index in [0.29, 0.717) is 31.5 Å². The normalized spacial score (nSPS) is 11.3. The molecule has 2 atom stereocenters. The number of esters is 2. The molecule has 49 heavy (non-hydrogen) atoms. The van der Waals surface area contributed by atoms with Gasteiger partial charge in [0.25, 0.3) is 0 Å². The second-order valence-electron chi connectivity index (χ2n) is 11.7. The third kappa shape index (κ3) is 14.3. The molecule has 2 heterocycles. The Hall–Kier alpha value is -3.86. The molecule has 0 saturated heterocycles. The molecule has 0 saturated carbocycles. The van der Waals surface area contributed by atoms with Crippen LogP contribution in [0.4, 0.5) is 0 Å². The molecule has 0 aliphatic rings. The van der Waals surface area contributed by atoms with Crippen LogP contribution in [0.2, 0.25) is 0 Å². The Labute approximate surface area is 301 Å². The van der Waals surface area contributed by atoms with Crippen molar-refractivity contribution < 1.29 is 29.1 Å². The molecule has 4 aromatic rings. The van der Waals surface area contributed by atoms with Gasteiger partial charge < -0.3 is 19.5 Å². The van der Waals surface area contributed by atoms with Gasteiger partial charge in [-0.05, 0) is 121 Å². The lowest BCUT2D eigenvalue weighted by molar-refractivity contribution is -0.144. The van der Waals surface area contributed by atoms with Crippen molar-refractivity contribution in [2.45, 2.75) is 87.5 Å². The molecule has 4 rings (SSSR count). The van der Waals surface area contributed by atoms with E-state index in [1.807, 2.05) is 84.1 Å². The van der Waals surface area contributed by atoms with E-state index in [4.69, 9.17) is 19.5 Å². The van der Waals surface area contributed by atoms with Crippen LogP contribution in [-0.4, -0.2) is 52.3 Å². The average molecular weight is 736 g/mol. The Bertz CT molecular complexity index is 1590. The van der Waals surface area contributed by atoms with E-state index in [0.717, 1.165) is 32.6 Å². The zero-order valence-electron chi connectivity index (χ0n) is 29.3. The fourth-order valence-electron chi connectivity index (χ4n) is 5.24. The number of ether oxygens (including phenoxy) is 2. The van der Waals surface area contributed by atoms with E-state index in [-0.39, 0.29) is 31.2 Å². The molecule has 10 heteroatoms. The summed E-state index contributed by atoms with van der Waals surface area (Å²) < 4.78 is 10.7. The van der Waals surface area contributed by atoms with Crippen LogP contribution in [0, 0.1) is 27.7 Å². The molecule has 0 aliphatic carbocycles. The molecule has 0 amide bonds. The van der Waals surface area contributed by atoms with Gasteiger partial charge in [-0.1, -0.05) is 68.8 Å². The van der Waals surface area contributed by atoms with Crippen molar-refractivity contribution in [2.24, 2.45) is 0 Å². The Morgan fingerprint density at radius 3 is 1.57 bits per heavy atom. The lowest BCUT2D eigenvalue weighted by Crippen LogP contribution is -2.34. The molecular formula is C39H52BBrN2O6. The Morgan fingerprint density at radius 1 is 0.735 bits per heavy atom. The highest BCUT2D eigenvalue weighted by atomic mass is 79.9. The van der Waals surface area contributed by atoms with Gasteiger partial charge in [-0.25, -0.2) is 4.98 Å². The van der Waals surface area contributed by atoms with Gasteiger partial charge in [0.1, 0.15) is 4.60 Å². The van der Waals surface area contributed by atoms with Crippen LogP contribution in [0.25, 0.3) is 11.3 Å². The van der Waals surface area contributed by atoms with Crippen LogP contribution in [0.1, 0.15) is 93.2 Å². The fraction of sp³-hybridized carbons (Fsp3) is 0.385. The summed E-state index contributed by atoms with van der Waals surface area (Å²) in [6, 6.07) is 19.8. The van der Waals surface area contributed by atoms with Gasteiger partial charge in [-0.3, -0.25) is 14.6 Å². The topological polar surface area (TPSA) is 119 Å². The number of pyridine rings is 2. The van der Waals surface area contributed by atoms with Gasteiger partial charge in [-0.2, -0.15) is 0 Å². The van der Waals surface area contributed by atoms with Crippen molar-refractivity contribution in [1.29, 1.82) is 0 Å². The second kappa shape index (κ2) is 22.0. The molecule has 2 aromatic carbocycles. The first-order chi connectivity index (χ1) is 22.8. The lowest BCUT2D eigenvalue weighted by Gasteiger charge is -2.14. The molecule has 0 aliphatic heterocycles. The van der Waals surface area contributed by atoms with Crippen LogP contribution in [0.15, 0.2) is 77.7 Å². The maximum absolute atomic E-state index is 11.7. The van der Waals surface area contributed by atoms with Crippen molar-refractivity contribution in [2.75, 3.05) is 13.2 Å². The minimum Gasteiger partial charge on any atom is -0.466 e. The number of aromatic nitrogens is 2. The fourth-order valence-corrected chi connectivity index (χ4v) is 5.63. The number of benzene rings is 2. The smallest absolute Gasteiger partial charge is 0.466 e. The van der Waals surface area contributed by atoms with Crippen LogP contribution in [0.3, 0.4) is 0 Å². The highest BCUT2D eigenvalue weighted by Crippen LogP contribution is 2.29. The summed E-state index contributed by atoms with van der Waals surface area (Å²) in [5, 5.41) is 17.9. The molecule has 0 spiro atoms. The molecule has 264 valence electrons. The summed E-state index contributed by atoms with van der Waals surface area (Å²) in [5.74, 6) is -0.0353. The second-order valence-corrected chi connectivity index (χ2v) is 12.5. The summed E-state index contributed by atoms with van der Waals surface area (Å²) in [5.41, 5.74) is 9.21. The van der Waals surface area contributed by atoms with Crippen molar-refractivity contribution in [3.63, 3.8) is 0 Å². The van der Waals surface area contributed by atoms with Gasteiger partial charge in [0.2, 0.25) is 0 Å². The van der Waals surface area contributed by atoms with Gasteiger partial charge in [0.15, 0.2) is 0 Å². The SMILES string of the molecule is C.CCOC(=O)CC(C)c1ccnc(-c2c(C)cccc2C)c1.CCOC(=O)CC(C)c1ccnc(Br)c1.Cc1cccc(C)c1B(O)O. The summed E-state index contributed by atoms with van der Waals surface area (Å²) in [6.45, 7) is 16.5. The van der Waals surface area contributed by atoms with E-state index < -0.39 is 7.12 Å². The van der Waals surface area contributed by atoms with Crippen molar-refractivity contribution in [1.82, 2.24) is 9.97 Å². The Morgan fingerprint density at radius 2 is 1.16 bits per heavy atom. The van der Waals surface area contributed by atoms with Crippen molar-refractivity contribution in [3.05, 3.63) is 111 Å². The first kappa shape index (κ1) is 43.2. The number of aryl methyl sites for hydroxylation is 4. The molecule has 0 radical (unpaired) electrons. The van der Waals surface area contributed by atoms with Crippen LogP contribution in [-0.2, 0) is 19.1 Å². The average Bonchev–Trinajstić information content (AvgIpc) is 3.02. The van der Waals surface area contributed by atoms with E-state index in [1.165, 1.54) is 16.7 Å².